The van der Waals surface area contributed by atoms with E-state index in [0.29, 0.717) is 25.6 Å². The maximum absolute atomic E-state index is 14.1. The largest absolute Gasteiger partial charge is 0.506 e. The molecule has 3 fully saturated rings. The van der Waals surface area contributed by atoms with E-state index < -0.39 is 35.9 Å². The number of hydrogen-bond acceptors (Lipinski definition) is 4. The van der Waals surface area contributed by atoms with Crippen molar-refractivity contribution in [2.24, 2.45) is 5.92 Å². The third-order valence-electron chi connectivity index (χ3n) is 7.46. The Morgan fingerprint density at radius 2 is 1.63 bits per heavy atom. The second-order valence-corrected chi connectivity index (χ2v) is 9.78. The van der Waals surface area contributed by atoms with Gasteiger partial charge in [-0.3, -0.25) is 4.90 Å². The van der Waals surface area contributed by atoms with Crippen LogP contribution in [0.5, 0.6) is 0 Å². The van der Waals surface area contributed by atoms with Gasteiger partial charge in [-0.25, -0.2) is 9.18 Å². The maximum atomic E-state index is 14.1. The number of alkyl halides is 3. The van der Waals surface area contributed by atoms with Gasteiger partial charge < -0.3 is 14.6 Å². The summed E-state index contributed by atoms with van der Waals surface area (Å²) in [5.41, 5.74) is 1.04. The lowest BCUT2D eigenvalue weighted by molar-refractivity contribution is -0.169. The van der Waals surface area contributed by atoms with Crippen LogP contribution in [0.15, 0.2) is 78.9 Å². The summed E-state index contributed by atoms with van der Waals surface area (Å²) in [7, 11) is 0. The molecule has 0 aliphatic carbocycles. The summed E-state index contributed by atoms with van der Waals surface area (Å²) < 4.78 is 65.5. The average molecular weight is 530 g/mol. The summed E-state index contributed by atoms with van der Waals surface area (Å²) in [6.07, 6.45) is -6.70. The molecule has 0 radical (unpaired) electrons. The van der Waals surface area contributed by atoms with E-state index in [1.165, 1.54) is 0 Å². The van der Waals surface area contributed by atoms with E-state index in [1.807, 2.05) is 60.7 Å². The minimum atomic E-state index is -4.69. The molecule has 2 bridgehead atoms. The summed E-state index contributed by atoms with van der Waals surface area (Å²) in [5, 5.41) is 9.33. The number of fused-ring (bicyclic) bond motifs is 3. The second kappa shape index (κ2) is 10.7. The molecule has 5 atom stereocenters. The molecule has 0 aromatic heterocycles. The summed E-state index contributed by atoms with van der Waals surface area (Å²) in [6.45, 7) is 0.821. The van der Waals surface area contributed by atoms with Gasteiger partial charge in [0.05, 0.1) is 18.3 Å². The molecule has 3 aromatic rings. The molecule has 3 saturated heterocycles. The second-order valence-electron chi connectivity index (χ2n) is 9.78. The number of benzene rings is 3. The molecule has 3 aliphatic rings. The molecule has 0 spiro atoms. The highest BCUT2D eigenvalue weighted by atomic mass is 19.4. The summed E-state index contributed by atoms with van der Waals surface area (Å²) >= 11 is 0. The van der Waals surface area contributed by atoms with Crippen LogP contribution in [0.1, 0.15) is 34.6 Å². The Bertz CT molecular complexity index is 1210. The topological polar surface area (TPSA) is 59.0 Å². The fourth-order valence-corrected chi connectivity index (χ4v) is 5.94. The first kappa shape index (κ1) is 26.2. The standard InChI is InChI=1S/C29H27F4NO4/c30-22-14-18(13-21(15-22)29(31,32)33)17-37-27-23-11-12-34(16-24(23)38-28(35)36)26(27)25(19-7-3-1-4-8-19)20-9-5-2-6-10-20/h1-10,13-15,23-27H,11-12,16-17H2,(H,35,36)/t23-,24-,26+,27+/m1/s1. The number of carboxylic acid groups (broad SMARTS) is 1. The number of piperidine rings is 3. The molecule has 1 unspecified atom stereocenters. The van der Waals surface area contributed by atoms with Crippen molar-refractivity contribution in [3.05, 3.63) is 107 Å². The third-order valence-corrected chi connectivity index (χ3v) is 7.46. The first-order valence-electron chi connectivity index (χ1n) is 12.4. The number of nitrogens with zero attached hydrogens (tertiary/aromatic N) is 1. The predicted octanol–water partition coefficient (Wildman–Crippen LogP) is 6.33. The smallest absolute Gasteiger partial charge is 0.450 e. The van der Waals surface area contributed by atoms with Crippen molar-refractivity contribution in [2.45, 2.75) is 43.4 Å². The van der Waals surface area contributed by atoms with Crippen LogP contribution in [0, 0.1) is 11.7 Å². The SMILES string of the molecule is O=C(O)O[C@@H]1CN2CC[C@H]1[C@H](OCc1cc(F)cc(C(F)(F)F)c1)[C@@H]2C(c1ccccc1)c1ccccc1. The minimum absolute atomic E-state index is 0.0548. The predicted molar refractivity (Wildman–Crippen MR) is 131 cm³/mol. The van der Waals surface area contributed by atoms with E-state index in [9.17, 15) is 27.5 Å². The normalized spacial score (nSPS) is 24.9. The Kier molecular flexibility index (Phi) is 7.40. The first-order valence-corrected chi connectivity index (χ1v) is 12.4. The highest BCUT2D eigenvalue weighted by Gasteiger charge is 2.52. The van der Waals surface area contributed by atoms with Crippen molar-refractivity contribution in [3.63, 3.8) is 0 Å². The number of hydrogen-bond donors (Lipinski definition) is 1. The molecule has 38 heavy (non-hydrogen) atoms. The molecular formula is C29H27F4NO4. The fraction of sp³-hybridized carbons (Fsp3) is 0.345. The van der Waals surface area contributed by atoms with Gasteiger partial charge in [0.15, 0.2) is 0 Å². The zero-order valence-corrected chi connectivity index (χ0v) is 20.4. The van der Waals surface area contributed by atoms with Gasteiger partial charge in [-0.05, 0) is 47.9 Å². The van der Waals surface area contributed by atoms with Gasteiger partial charge >= 0.3 is 12.3 Å². The Labute approximate surface area is 217 Å². The van der Waals surface area contributed by atoms with Crippen LogP contribution in [0.4, 0.5) is 22.4 Å². The van der Waals surface area contributed by atoms with Crippen molar-refractivity contribution in [2.75, 3.05) is 13.1 Å². The average Bonchev–Trinajstić information content (AvgIpc) is 2.89. The molecule has 1 N–H and O–H groups in total. The third kappa shape index (κ3) is 5.54. The Balaban J connectivity index is 1.52. The molecule has 0 saturated carbocycles. The molecule has 3 heterocycles. The van der Waals surface area contributed by atoms with Crippen LogP contribution in [0.25, 0.3) is 0 Å². The van der Waals surface area contributed by atoms with Crippen LogP contribution in [-0.4, -0.2) is 47.5 Å². The molecule has 3 aliphatic heterocycles. The fourth-order valence-electron chi connectivity index (χ4n) is 5.94. The number of ether oxygens (including phenoxy) is 2. The van der Waals surface area contributed by atoms with Crippen LogP contribution >= 0.6 is 0 Å². The quantitative estimate of drug-likeness (QED) is 0.286. The zero-order valence-electron chi connectivity index (χ0n) is 20.4. The molecule has 9 heteroatoms. The van der Waals surface area contributed by atoms with E-state index in [-0.39, 0.29) is 30.0 Å². The van der Waals surface area contributed by atoms with Gasteiger partial charge in [-0.15, -0.1) is 0 Å². The number of rotatable bonds is 7. The summed E-state index contributed by atoms with van der Waals surface area (Å²) in [4.78, 5) is 13.6. The lowest BCUT2D eigenvalue weighted by Gasteiger charge is -2.55. The molecule has 200 valence electrons. The van der Waals surface area contributed by atoms with Crippen LogP contribution in [-0.2, 0) is 22.3 Å². The minimum Gasteiger partial charge on any atom is -0.450 e. The Morgan fingerprint density at radius 1 is 1.00 bits per heavy atom. The molecule has 5 nitrogen and oxygen atoms in total. The van der Waals surface area contributed by atoms with Gasteiger partial charge in [0.2, 0.25) is 0 Å². The van der Waals surface area contributed by atoms with Gasteiger partial charge in [-0.1, -0.05) is 60.7 Å². The zero-order chi connectivity index (χ0) is 26.9. The van der Waals surface area contributed by atoms with E-state index >= 15 is 0 Å². The number of carbonyl (C=O) groups is 1. The van der Waals surface area contributed by atoms with Crippen molar-refractivity contribution in [3.8, 4) is 0 Å². The Hall–Kier alpha value is -3.43. The van der Waals surface area contributed by atoms with Gasteiger partial charge in [0, 0.05) is 24.4 Å². The van der Waals surface area contributed by atoms with Crippen molar-refractivity contribution >= 4 is 6.16 Å². The lowest BCUT2D eigenvalue weighted by Crippen LogP contribution is -2.66. The Morgan fingerprint density at radius 3 is 2.21 bits per heavy atom. The van der Waals surface area contributed by atoms with Crippen LogP contribution in [0.2, 0.25) is 0 Å². The lowest BCUT2D eigenvalue weighted by atomic mass is 9.70. The van der Waals surface area contributed by atoms with Gasteiger partial charge in [-0.2, -0.15) is 13.2 Å². The highest BCUT2D eigenvalue weighted by molar-refractivity contribution is 5.57. The van der Waals surface area contributed by atoms with Gasteiger partial charge in [0.1, 0.15) is 11.9 Å². The molecule has 0 amide bonds. The van der Waals surface area contributed by atoms with E-state index in [2.05, 4.69) is 4.90 Å². The summed E-state index contributed by atoms with van der Waals surface area (Å²) in [6, 6.07) is 21.8. The highest BCUT2D eigenvalue weighted by Crippen LogP contribution is 2.44. The monoisotopic (exact) mass is 529 g/mol. The summed E-state index contributed by atoms with van der Waals surface area (Å²) in [5.74, 6) is -1.47. The van der Waals surface area contributed by atoms with E-state index in [0.717, 1.165) is 23.3 Å². The van der Waals surface area contributed by atoms with Crippen molar-refractivity contribution < 1.29 is 36.9 Å². The van der Waals surface area contributed by atoms with Crippen LogP contribution in [0.3, 0.4) is 0 Å². The van der Waals surface area contributed by atoms with Gasteiger partial charge in [0.25, 0.3) is 0 Å². The molecular weight excluding hydrogens is 502 g/mol. The maximum Gasteiger partial charge on any atom is 0.506 e. The number of halogens is 4. The van der Waals surface area contributed by atoms with Crippen LogP contribution < -0.4 is 0 Å². The van der Waals surface area contributed by atoms with Crippen molar-refractivity contribution in [1.29, 1.82) is 0 Å². The molecule has 6 rings (SSSR count). The van der Waals surface area contributed by atoms with E-state index in [1.54, 1.807) is 0 Å². The first-order chi connectivity index (χ1) is 18.2. The van der Waals surface area contributed by atoms with E-state index in [4.69, 9.17) is 9.47 Å². The molecule has 3 aromatic carbocycles. The van der Waals surface area contributed by atoms with Crippen molar-refractivity contribution in [1.82, 2.24) is 4.90 Å².